The summed E-state index contributed by atoms with van der Waals surface area (Å²) in [6, 6.07) is -0.900. The number of amides is 1. The van der Waals surface area contributed by atoms with Gasteiger partial charge in [-0.05, 0) is 12.8 Å². The van der Waals surface area contributed by atoms with Crippen LogP contribution in [0.1, 0.15) is 51.9 Å². The maximum absolute atomic E-state index is 11.5. The summed E-state index contributed by atoms with van der Waals surface area (Å²) in [4.78, 5) is 23.0. The summed E-state index contributed by atoms with van der Waals surface area (Å²) in [5, 5.41) is 11.4. The van der Waals surface area contributed by atoms with Gasteiger partial charge in [0, 0.05) is 0 Å². The number of carbonyl (C=O) groups is 2. The zero-order chi connectivity index (χ0) is 13.4. The predicted molar refractivity (Wildman–Crippen MR) is 66.9 cm³/mol. The molecule has 1 rings (SSSR count). The number of hydrogen-bond acceptors (Lipinski definition) is 4. The van der Waals surface area contributed by atoms with Crippen molar-refractivity contribution in [3.8, 4) is 0 Å². The van der Waals surface area contributed by atoms with Crippen molar-refractivity contribution in [3.05, 3.63) is 0 Å². The van der Waals surface area contributed by atoms with E-state index in [9.17, 15) is 9.59 Å². The Morgan fingerprint density at radius 2 is 2.00 bits per heavy atom. The standard InChI is InChI=1S/C13H23NO4/c1-2-3-4-5-6-7-10-8-12(16)14-11(9-15)13(17)18-10/h10-11,15H,2-9H2,1H3,(H,14,16)/t10-,11+/m1/s1. The maximum Gasteiger partial charge on any atom is 0.331 e. The molecule has 2 N–H and O–H groups in total. The minimum absolute atomic E-state index is 0.204. The topological polar surface area (TPSA) is 75.6 Å². The quantitative estimate of drug-likeness (QED) is 0.530. The number of carbonyl (C=O) groups excluding carboxylic acids is 2. The molecule has 1 fully saturated rings. The minimum atomic E-state index is -0.900. The summed E-state index contributed by atoms with van der Waals surface area (Å²) < 4.78 is 5.21. The van der Waals surface area contributed by atoms with Crippen molar-refractivity contribution in [1.29, 1.82) is 0 Å². The highest BCUT2D eigenvalue weighted by atomic mass is 16.5. The monoisotopic (exact) mass is 257 g/mol. The van der Waals surface area contributed by atoms with E-state index in [4.69, 9.17) is 9.84 Å². The summed E-state index contributed by atoms with van der Waals surface area (Å²) in [6.07, 6.45) is 6.26. The second-order valence-electron chi connectivity index (χ2n) is 4.77. The fraction of sp³-hybridized carbons (Fsp3) is 0.846. The van der Waals surface area contributed by atoms with Crippen LogP contribution in [0.25, 0.3) is 0 Å². The average molecular weight is 257 g/mol. The first kappa shape index (κ1) is 15.0. The van der Waals surface area contributed by atoms with Gasteiger partial charge >= 0.3 is 5.97 Å². The molecule has 0 spiro atoms. The SMILES string of the molecule is CCCCCCC[C@@H]1CC(=O)N[C@@H](CO)C(=O)O1. The summed E-state index contributed by atoms with van der Waals surface area (Å²) in [7, 11) is 0. The Hall–Kier alpha value is -1.10. The first-order valence-corrected chi connectivity index (χ1v) is 6.78. The molecule has 1 saturated heterocycles. The number of rotatable bonds is 7. The van der Waals surface area contributed by atoms with E-state index >= 15 is 0 Å². The van der Waals surface area contributed by atoms with Crippen LogP contribution in [0.4, 0.5) is 0 Å². The molecule has 0 aromatic heterocycles. The van der Waals surface area contributed by atoms with Gasteiger partial charge in [-0.15, -0.1) is 0 Å². The number of aliphatic hydroxyl groups excluding tert-OH is 1. The molecule has 104 valence electrons. The molecular formula is C13H23NO4. The highest BCUT2D eigenvalue weighted by molar-refractivity contribution is 5.86. The Kier molecular flexibility index (Phi) is 6.72. The van der Waals surface area contributed by atoms with Crippen LogP contribution in [-0.4, -0.2) is 35.7 Å². The van der Waals surface area contributed by atoms with Gasteiger partial charge in [0.05, 0.1) is 13.0 Å². The molecule has 0 bridgehead atoms. The van der Waals surface area contributed by atoms with E-state index in [-0.39, 0.29) is 18.4 Å². The summed E-state index contributed by atoms with van der Waals surface area (Å²) >= 11 is 0. The van der Waals surface area contributed by atoms with Crippen molar-refractivity contribution in [2.75, 3.05) is 6.61 Å². The highest BCUT2D eigenvalue weighted by Gasteiger charge is 2.30. The molecule has 1 amide bonds. The highest BCUT2D eigenvalue weighted by Crippen LogP contribution is 2.15. The molecule has 0 aliphatic carbocycles. The lowest BCUT2D eigenvalue weighted by Gasteiger charge is -2.14. The van der Waals surface area contributed by atoms with Crippen LogP contribution in [0.3, 0.4) is 0 Å². The van der Waals surface area contributed by atoms with Crippen LogP contribution in [0, 0.1) is 0 Å². The number of unbranched alkanes of at least 4 members (excludes halogenated alkanes) is 4. The third-order valence-corrected chi connectivity index (χ3v) is 3.13. The number of cyclic esters (lactones) is 1. The fourth-order valence-corrected chi connectivity index (χ4v) is 2.06. The molecule has 2 atom stereocenters. The molecule has 0 radical (unpaired) electrons. The molecule has 0 aromatic carbocycles. The van der Waals surface area contributed by atoms with Gasteiger partial charge in [0.1, 0.15) is 6.10 Å². The molecule has 0 unspecified atom stereocenters. The van der Waals surface area contributed by atoms with E-state index in [1.807, 2.05) is 0 Å². The van der Waals surface area contributed by atoms with Crippen LogP contribution in [0.2, 0.25) is 0 Å². The van der Waals surface area contributed by atoms with Crippen molar-refractivity contribution in [1.82, 2.24) is 5.32 Å². The lowest BCUT2D eigenvalue weighted by Crippen LogP contribution is -2.41. The number of hydrogen-bond donors (Lipinski definition) is 2. The molecule has 0 aromatic rings. The molecule has 1 aliphatic heterocycles. The van der Waals surface area contributed by atoms with Gasteiger partial charge in [0.2, 0.25) is 5.91 Å². The normalized spacial score (nSPS) is 24.3. The molecule has 5 nitrogen and oxygen atoms in total. The van der Waals surface area contributed by atoms with Gasteiger partial charge in [0.25, 0.3) is 0 Å². The lowest BCUT2D eigenvalue weighted by molar-refractivity contribution is -0.151. The summed E-state index contributed by atoms with van der Waals surface area (Å²) in [5.74, 6) is -0.750. The Morgan fingerprint density at radius 3 is 2.67 bits per heavy atom. The van der Waals surface area contributed by atoms with Gasteiger partial charge in [-0.25, -0.2) is 4.79 Å². The molecule has 5 heteroatoms. The van der Waals surface area contributed by atoms with Crippen molar-refractivity contribution >= 4 is 11.9 Å². The molecule has 1 aliphatic rings. The van der Waals surface area contributed by atoms with Crippen LogP contribution >= 0.6 is 0 Å². The van der Waals surface area contributed by atoms with Crippen molar-refractivity contribution in [2.24, 2.45) is 0 Å². The summed E-state index contributed by atoms with van der Waals surface area (Å²) in [6.45, 7) is 1.75. The van der Waals surface area contributed by atoms with E-state index in [0.717, 1.165) is 19.3 Å². The number of aliphatic hydroxyl groups is 1. The Labute approximate surface area is 108 Å². The molecule has 0 saturated carbocycles. The van der Waals surface area contributed by atoms with Gasteiger partial charge in [-0.2, -0.15) is 0 Å². The third kappa shape index (κ3) is 5.04. The van der Waals surface area contributed by atoms with E-state index in [2.05, 4.69) is 12.2 Å². The van der Waals surface area contributed by atoms with E-state index in [1.165, 1.54) is 19.3 Å². The second-order valence-corrected chi connectivity index (χ2v) is 4.77. The van der Waals surface area contributed by atoms with E-state index in [1.54, 1.807) is 0 Å². The lowest BCUT2D eigenvalue weighted by atomic mass is 10.1. The van der Waals surface area contributed by atoms with Crippen LogP contribution < -0.4 is 5.32 Å². The van der Waals surface area contributed by atoms with Gasteiger partial charge < -0.3 is 15.2 Å². The van der Waals surface area contributed by atoms with Crippen molar-refractivity contribution in [3.63, 3.8) is 0 Å². The number of nitrogens with one attached hydrogen (secondary N) is 1. The zero-order valence-corrected chi connectivity index (χ0v) is 11.0. The van der Waals surface area contributed by atoms with Crippen LogP contribution in [0.15, 0.2) is 0 Å². The third-order valence-electron chi connectivity index (χ3n) is 3.13. The minimum Gasteiger partial charge on any atom is -0.460 e. The second kappa shape index (κ2) is 8.08. The Morgan fingerprint density at radius 1 is 1.28 bits per heavy atom. The Balaban J connectivity index is 2.32. The number of ether oxygens (including phenoxy) is 1. The van der Waals surface area contributed by atoms with Crippen LogP contribution in [-0.2, 0) is 14.3 Å². The first-order valence-electron chi connectivity index (χ1n) is 6.78. The molecular weight excluding hydrogens is 234 g/mol. The zero-order valence-electron chi connectivity index (χ0n) is 11.0. The summed E-state index contributed by atoms with van der Waals surface area (Å²) in [5.41, 5.74) is 0. The van der Waals surface area contributed by atoms with E-state index < -0.39 is 18.6 Å². The Bertz CT molecular complexity index is 280. The largest absolute Gasteiger partial charge is 0.460 e. The predicted octanol–water partition coefficient (Wildman–Crippen LogP) is 1.14. The molecule has 1 heterocycles. The maximum atomic E-state index is 11.5. The van der Waals surface area contributed by atoms with Gasteiger partial charge in [-0.3, -0.25) is 4.79 Å². The van der Waals surface area contributed by atoms with E-state index in [0.29, 0.717) is 0 Å². The first-order chi connectivity index (χ1) is 8.67. The van der Waals surface area contributed by atoms with Gasteiger partial charge in [0.15, 0.2) is 6.04 Å². The fourth-order valence-electron chi connectivity index (χ4n) is 2.06. The van der Waals surface area contributed by atoms with Crippen molar-refractivity contribution in [2.45, 2.75) is 64.0 Å². The van der Waals surface area contributed by atoms with Crippen LogP contribution in [0.5, 0.6) is 0 Å². The average Bonchev–Trinajstić information content (AvgIpc) is 2.48. The number of esters is 1. The van der Waals surface area contributed by atoms with Gasteiger partial charge in [-0.1, -0.05) is 32.6 Å². The molecule has 18 heavy (non-hydrogen) atoms. The smallest absolute Gasteiger partial charge is 0.331 e. The van der Waals surface area contributed by atoms with Crippen molar-refractivity contribution < 1.29 is 19.4 Å².